The highest BCUT2D eigenvalue weighted by molar-refractivity contribution is 7.90. The van der Waals surface area contributed by atoms with Crippen molar-refractivity contribution in [3.8, 4) is 0 Å². The fraction of sp³-hybridized carbons (Fsp3) is 0.909. The normalized spacial score (nSPS) is 19.9. The summed E-state index contributed by atoms with van der Waals surface area (Å²) in [6.45, 7) is 1.96. The standard InChI is InChI=1S/C11H22N2O3S/c1-2-17(15,16)13-10(14)8-11(9-12)6-4-3-5-7-11/h2-9,12H2,1H3,(H,13,14). The molecular formula is C11H22N2O3S. The summed E-state index contributed by atoms with van der Waals surface area (Å²) >= 11 is 0. The lowest BCUT2D eigenvalue weighted by Gasteiger charge is -2.35. The van der Waals surface area contributed by atoms with Crippen LogP contribution in [0.2, 0.25) is 0 Å². The first-order valence-corrected chi connectivity index (χ1v) is 7.82. The van der Waals surface area contributed by atoms with E-state index in [0.717, 1.165) is 25.7 Å². The predicted molar refractivity (Wildman–Crippen MR) is 66.8 cm³/mol. The maximum absolute atomic E-state index is 11.7. The third-order valence-electron chi connectivity index (χ3n) is 3.53. The molecule has 1 amide bonds. The maximum Gasteiger partial charge on any atom is 0.234 e. The van der Waals surface area contributed by atoms with Crippen LogP contribution in [0.15, 0.2) is 0 Å². The SMILES string of the molecule is CCS(=O)(=O)NC(=O)CC1(CN)CCCCC1. The van der Waals surface area contributed by atoms with E-state index in [1.165, 1.54) is 13.3 Å². The highest BCUT2D eigenvalue weighted by Gasteiger charge is 2.33. The van der Waals surface area contributed by atoms with Gasteiger partial charge in [-0.15, -0.1) is 0 Å². The molecule has 1 rings (SSSR count). The van der Waals surface area contributed by atoms with Gasteiger partial charge in [0.25, 0.3) is 0 Å². The minimum absolute atomic E-state index is 0.0750. The molecule has 0 aliphatic heterocycles. The highest BCUT2D eigenvalue weighted by atomic mass is 32.2. The maximum atomic E-state index is 11.7. The first-order chi connectivity index (χ1) is 7.93. The van der Waals surface area contributed by atoms with Gasteiger partial charge in [0.05, 0.1) is 5.75 Å². The molecule has 0 atom stereocenters. The number of carbonyl (C=O) groups is 1. The van der Waals surface area contributed by atoms with E-state index in [1.807, 2.05) is 0 Å². The van der Waals surface area contributed by atoms with Crippen LogP contribution in [0.4, 0.5) is 0 Å². The second-order valence-corrected chi connectivity index (χ2v) is 6.88. The minimum atomic E-state index is -3.44. The zero-order chi connectivity index (χ0) is 12.9. The lowest BCUT2D eigenvalue weighted by molar-refractivity contribution is -0.122. The van der Waals surface area contributed by atoms with E-state index >= 15 is 0 Å². The Hall–Kier alpha value is -0.620. The van der Waals surface area contributed by atoms with Gasteiger partial charge >= 0.3 is 0 Å². The van der Waals surface area contributed by atoms with Gasteiger partial charge in [-0.3, -0.25) is 9.52 Å². The van der Waals surface area contributed by atoms with E-state index in [0.29, 0.717) is 6.54 Å². The summed E-state index contributed by atoms with van der Waals surface area (Å²) in [5.74, 6) is -0.492. The molecule has 0 aromatic rings. The molecule has 0 unspecified atom stereocenters. The molecule has 1 aliphatic rings. The highest BCUT2D eigenvalue weighted by Crippen LogP contribution is 2.38. The molecule has 0 radical (unpaired) electrons. The van der Waals surface area contributed by atoms with Crippen LogP contribution < -0.4 is 10.5 Å². The molecule has 3 N–H and O–H groups in total. The van der Waals surface area contributed by atoms with E-state index in [9.17, 15) is 13.2 Å². The molecule has 1 aliphatic carbocycles. The van der Waals surface area contributed by atoms with E-state index in [2.05, 4.69) is 4.72 Å². The van der Waals surface area contributed by atoms with Crippen molar-refractivity contribution in [3.05, 3.63) is 0 Å². The molecule has 1 saturated carbocycles. The smallest absolute Gasteiger partial charge is 0.234 e. The molecule has 0 bridgehead atoms. The molecule has 5 nitrogen and oxygen atoms in total. The number of rotatable bonds is 5. The number of nitrogens with two attached hydrogens (primary N) is 1. The second kappa shape index (κ2) is 5.82. The van der Waals surface area contributed by atoms with Crippen LogP contribution in [0.1, 0.15) is 45.4 Å². The average Bonchev–Trinajstić information content (AvgIpc) is 2.29. The molecule has 0 aromatic heterocycles. The first-order valence-electron chi connectivity index (χ1n) is 6.16. The van der Waals surface area contributed by atoms with Gasteiger partial charge in [0, 0.05) is 6.42 Å². The van der Waals surface area contributed by atoms with Crippen molar-refractivity contribution in [2.24, 2.45) is 11.1 Å². The number of hydrogen-bond donors (Lipinski definition) is 2. The Kier molecular flexibility index (Phi) is 4.94. The van der Waals surface area contributed by atoms with Crippen molar-refractivity contribution < 1.29 is 13.2 Å². The van der Waals surface area contributed by atoms with Gasteiger partial charge in [0.1, 0.15) is 0 Å². The molecule has 17 heavy (non-hydrogen) atoms. The summed E-state index contributed by atoms with van der Waals surface area (Å²) in [6, 6.07) is 0. The average molecular weight is 262 g/mol. The molecule has 6 heteroatoms. The van der Waals surface area contributed by atoms with Crippen LogP contribution in [-0.4, -0.2) is 26.6 Å². The van der Waals surface area contributed by atoms with E-state index in [1.54, 1.807) is 0 Å². The number of sulfonamides is 1. The van der Waals surface area contributed by atoms with Crippen molar-refractivity contribution in [2.75, 3.05) is 12.3 Å². The Morgan fingerprint density at radius 1 is 1.29 bits per heavy atom. The summed E-state index contributed by atoms with van der Waals surface area (Å²) in [5.41, 5.74) is 5.56. The molecular weight excluding hydrogens is 240 g/mol. The Morgan fingerprint density at radius 3 is 2.35 bits per heavy atom. The second-order valence-electron chi connectivity index (χ2n) is 4.87. The van der Waals surface area contributed by atoms with E-state index < -0.39 is 15.9 Å². The van der Waals surface area contributed by atoms with Crippen LogP contribution in [0.5, 0.6) is 0 Å². The fourth-order valence-electron chi connectivity index (χ4n) is 2.38. The molecule has 0 spiro atoms. The van der Waals surface area contributed by atoms with Crippen molar-refractivity contribution in [3.63, 3.8) is 0 Å². The zero-order valence-corrected chi connectivity index (χ0v) is 11.2. The third kappa shape index (κ3) is 4.27. The van der Waals surface area contributed by atoms with E-state index in [4.69, 9.17) is 5.73 Å². The predicted octanol–water partition coefficient (Wildman–Crippen LogP) is 0.752. The van der Waals surface area contributed by atoms with Gasteiger partial charge in [-0.05, 0) is 31.7 Å². The summed E-state index contributed by atoms with van der Waals surface area (Å²) in [6.07, 6.45) is 5.39. The Balaban J connectivity index is 2.59. The number of carbonyl (C=O) groups excluding carboxylic acids is 1. The zero-order valence-electron chi connectivity index (χ0n) is 10.4. The lowest BCUT2D eigenvalue weighted by atomic mass is 9.72. The number of hydrogen-bond acceptors (Lipinski definition) is 4. The van der Waals surface area contributed by atoms with Crippen LogP contribution >= 0.6 is 0 Å². The minimum Gasteiger partial charge on any atom is -0.330 e. The summed E-state index contributed by atoms with van der Waals surface area (Å²) in [5, 5.41) is 0. The summed E-state index contributed by atoms with van der Waals surface area (Å²) in [7, 11) is -3.44. The monoisotopic (exact) mass is 262 g/mol. The summed E-state index contributed by atoms with van der Waals surface area (Å²) in [4.78, 5) is 11.7. The van der Waals surface area contributed by atoms with Crippen molar-refractivity contribution in [2.45, 2.75) is 45.4 Å². The molecule has 0 saturated heterocycles. The molecule has 0 heterocycles. The van der Waals surface area contributed by atoms with Crippen LogP contribution in [0.3, 0.4) is 0 Å². The Morgan fingerprint density at radius 2 is 1.88 bits per heavy atom. The van der Waals surface area contributed by atoms with Gasteiger partial charge in [-0.1, -0.05) is 19.3 Å². The lowest BCUT2D eigenvalue weighted by Crippen LogP contribution is -2.40. The van der Waals surface area contributed by atoms with Gasteiger partial charge in [-0.2, -0.15) is 0 Å². The van der Waals surface area contributed by atoms with Crippen LogP contribution in [-0.2, 0) is 14.8 Å². The van der Waals surface area contributed by atoms with Crippen molar-refractivity contribution >= 4 is 15.9 Å². The van der Waals surface area contributed by atoms with Crippen molar-refractivity contribution in [1.82, 2.24) is 4.72 Å². The first kappa shape index (κ1) is 14.4. The van der Waals surface area contributed by atoms with Crippen molar-refractivity contribution in [1.29, 1.82) is 0 Å². The van der Waals surface area contributed by atoms with E-state index in [-0.39, 0.29) is 17.6 Å². The summed E-state index contributed by atoms with van der Waals surface area (Å²) < 4.78 is 24.7. The fourth-order valence-corrected chi connectivity index (χ4v) is 2.94. The Bertz CT molecular complexity index is 359. The molecule has 1 fully saturated rings. The molecule has 0 aromatic carbocycles. The topological polar surface area (TPSA) is 89.3 Å². The Labute approximate surface area is 103 Å². The third-order valence-corrected chi connectivity index (χ3v) is 4.83. The van der Waals surface area contributed by atoms with Crippen LogP contribution in [0, 0.1) is 5.41 Å². The number of nitrogens with one attached hydrogen (secondary N) is 1. The van der Waals surface area contributed by atoms with Gasteiger partial charge in [-0.25, -0.2) is 8.42 Å². The van der Waals surface area contributed by atoms with Gasteiger partial charge in [0.2, 0.25) is 15.9 Å². The quantitative estimate of drug-likeness (QED) is 0.765. The largest absolute Gasteiger partial charge is 0.330 e. The van der Waals surface area contributed by atoms with Gasteiger partial charge in [0.15, 0.2) is 0 Å². The molecule has 100 valence electrons. The van der Waals surface area contributed by atoms with Gasteiger partial charge < -0.3 is 5.73 Å². The van der Waals surface area contributed by atoms with Crippen LogP contribution in [0.25, 0.3) is 0 Å². The number of amides is 1.